The minimum Gasteiger partial charge on any atom is -0.448 e. The summed E-state index contributed by atoms with van der Waals surface area (Å²) in [6, 6.07) is 0. The van der Waals surface area contributed by atoms with E-state index in [4.69, 9.17) is 26.5 Å². The molecule has 6 aromatic heterocycles. The van der Waals surface area contributed by atoms with Gasteiger partial charge >= 0.3 is 0 Å². The fourth-order valence-corrected chi connectivity index (χ4v) is 3.35. The quantitative estimate of drug-likeness (QED) is 0.244. The third kappa shape index (κ3) is 4.81. The van der Waals surface area contributed by atoms with E-state index in [1.807, 2.05) is 0 Å². The second-order valence-electron chi connectivity index (χ2n) is 7.83. The largest absolute Gasteiger partial charge is 0.448 e. The number of carbonyl (C=O) groups is 1. The van der Waals surface area contributed by atoms with Crippen molar-refractivity contribution in [2.24, 2.45) is 0 Å². The van der Waals surface area contributed by atoms with Gasteiger partial charge in [-0.05, 0) is 6.08 Å². The minimum absolute atomic E-state index is 0.0400. The fourth-order valence-electron chi connectivity index (χ4n) is 3.35. The topological polar surface area (TPSA) is 185 Å². The van der Waals surface area contributed by atoms with E-state index in [1.165, 1.54) is 43.7 Å². The second-order valence-corrected chi connectivity index (χ2v) is 7.83. The molecule has 0 aliphatic carbocycles. The van der Waals surface area contributed by atoms with E-state index in [1.54, 1.807) is 6.08 Å². The third-order valence-corrected chi connectivity index (χ3v) is 5.17. The van der Waals surface area contributed by atoms with Gasteiger partial charge in [-0.25, -0.2) is 29.9 Å². The number of nitrogens with one attached hydrogen (secondary N) is 1. The number of rotatable bonds is 10. The van der Waals surface area contributed by atoms with Gasteiger partial charge in [0.15, 0.2) is 34.4 Å². The van der Waals surface area contributed by atoms with Crippen LogP contribution < -0.4 is 5.32 Å². The Morgan fingerprint density at radius 1 is 0.692 bits per heavy atom. The maximum atomic E-state index is 12.6. The van der Waals surface area contributed by atoms with Crippen LogP contribution >= 0.6 is 0 Å². The van der Waals surface area contributed by atoms with Gasteiger partial charge in [-0.3, -0.25) is 4.79 Å². The van der Waals surface area contributed by atoms with Gasteiger partial charge in [0.05, 0.1) is 12.2 Å². The molecule has 6 aromatic rings. The summed E-state index contributed by atoms with van der Waals surface area (Å²) < 4.78 is 32.3. The maximum absolute atomic E-state index is 12.6. The molecule has 0 radical (unpaired) electrons. The molecule has 0 fully saturated rings. The van der Waals surface area contributed by atoms with Gasteiger partial charge in [0, 0.05) is 6.42 Å². The van der Waals surface area contributed by atoms with Crippen molar-refractivity contribution >= 4 is 12.0 Å². The molecule has 39 heavy (non-hydrogen) atoms. The van der Waals surface area contributed by atoms with Gasteiger partial charge in [0.1, 0.15) is 37.6 Å². The van der Waals surface area contributed by atoms with Crippen LogP contribution in [-0.2, 0) is 13.0 Å². The highest BCUT2D eigenvalue weighted by Gasteiger charge is 2.20. The third-order valence-electron chi connectivity index (χ3n) is 5.17. The SMILES string of the molecule is C=CCc1nc(-c2nc(-c3nc(CNC(=O)c4coc(-c5coc(-c6coc(C=C)n6)n5)n4)co3)co2)co1. The normalized spacial score (nSPS) is 11.1. The van der Waals surface area contributed by atoms with Crippen LogP contribution in [0.4, 0.5) is 0 Å². The zero-order valence-electron chi connectivity index (χ0n) is 20.0. The molecule has 0 bridgehead atoms. The van der Waals surface area contributed by atoms with E-state index in [0.29, 0.717) is 41.0 Å². The number of amides is 1. The summed E-state index contributed by atoms with van der Waals surface area (Å²) in [6.07, 6.45) is 11.8. The van der Waals surface area contributed by atoms with Crippen molar-refractivity contribution in [3.63, 3.8) is 0 Å². The maximum Gasteiger partial charge on any atom is 0.273 e. The van der Waals surface area contributed by atoms with Gasteiger partial charge in [0.2, 0.25) is 29.5 Å². The summed E-state index contributed by atoms with van der Waals surface area (Å²) in [5, 5.41) is 2.70. The van der Waals surface area contributed by atoms with Crippen LogP contribution in [0.3, 0.4) is 0 Å². The van der Waals surface area contributed by atoms with Crippen LogP contribution in [0.5, 0.6) is 0 Å². The smallest absolute Gasteiger partial charge is 0.273 e. The number of carbonyl (C=O) groups excluding carboxylic acids is 1. The van der Waals surface area contributed by atoms with Gasteiger partial charge in [-0.2, -0.15) is 0 Å². The van der Waals surface area contributed by atoms with Crippen molar-refractivity contribution in [1.29, 1.82) is 0 Å². The standard InChI is InChI=1S/C25H17N7O7/c1-3-5-20-29-16(10-35-20)24-31-17(11-38-24)22-27-13(7-36-22)6-26-21(33)14-8-37-25(30-14)18-12-39-23(32-18)15-9-34-19(4-2)28-15/h3-4,7-12H,1-2,5-6H2,(H,26,33). The van der Waals surface area contributed by atoms with Crippen molar-refractivity contribution in [2.75, 3.05) is 0 Å². The highest BCUT2D eigenvalue weighted by Crippen LogP contribution is 2.25. The zero-order chi connectivity index (χ0) is 26.8. The molecule has 0 saturated heterocycles. The van der Waals surface area contributed by atoms with Gasteiger partial charge in [-0.15, -0.1) is 6.58 Å². The lowest BCUT2D eigenvalue weighted by Gasteiger charge is -1.98. The fraction of sp³-hybridized carbons (Fsp3) is 0.0800. The lowest BCUT2D eigenvalue weighted by atomic mass is 10.4. The Bertz CT molecular complexity index is 1780. The first-order valence-corrected chi connectivity index (χ1v) is 11.3. The highest BCUT2D eigenvalue weighted by molar-refractivity contribution is 5.92. The monoisotopic (exact) mass is 527 g/mol. The average Bonchev–Trinajstić information content (AvgIpc) is 3.78. The van der Waals surface area contributed by atoms with Crippen LogP contribution in [0.2, 0.25) is 0 Å². The summed E-state index contributed by atoms with van der Waals surface area (Å²) in [6.45, 7) is 7.30. The van der Waals surface area contributed by atoms with Crippen LogP contribution in [0.15, 0.2) is 83.3 Å². The molecule has 0 aliphatic heterocycles. The Labute approximate surface area is 218 Å². The van der Waals surface area contributed by atoms with Gasteiger partial charge < -0.3 is 31.8 Å². The Hall–Kier alpha value is -5.79. The predicted molar refractivity (Wildman–Crippen MR) is 130 cm³/mol. The van der Waals surface area contributed by atoms with Crippen molar-refractivity contribution in [2.45, 2.75) is 13.0 Å². The Morgan fingerprint density at radius 3 is 2.00 bits per heavy atom. The summed E-state index contributed by atoms with van der Waals surface area (Å²) in [5.74, 6) is 1.09. The molecule has 0 spiro atoms. The van der Waals surface area contributed by atoms with E-state index < -0.39 is 5.91 Å². The molecule has 1 amide bonds. The second kappa shape index (κ2) is 9.93. The first-order chi connectivity index (χ1) is 19.1. The number of oxazole rings is 6. The molecule has 14 heteroatoms. The molecule has 0 atom stereocenters. The van der Waals surface area contributed by atoms with Crippen LogP contribution in [-0.4, -0.2) is 35.8 Å². The molecule has 0 aliphatic rings. The van der Waals surface area contributed by atoms with E-state index in [2.05, 4.69) is 48.4 Å². The molecule has 1 N–H and O–H groups in total. The number of allylic oxidation sites excluding steroid dienone is 1. The van der Waals surface area contributed by atoms with Crippen molar-refractivity contribution in [3.8, 4) is 46.3 Å². The molecule has 6 rings (SSSR count). The Morgan fingerprint density at radius 2 is 1.28 bits per heavy atom. The lowest BCUT2D eigenvalue weighted by molar-refractivity contribution is 0.0945. The van der Waals surface area contributed by atoms with E-state index in [0.717, 1.165) is 0 Å². The van der Waals surface area contributed by atoms with Crippen molar-refractivity contribution < 1.29 is 31.3 Å². The van der Waals surface area contributed by atoms with Gasteiger partial charge in [-0.1, -0.05) is 12.7 Å². The number of nitrogens with zero attached hydrogens (tertiary/aromatic N) is 6. The molecule has 14 nitrogen and oxygen atoms in total. The summed E-state index contributed by atoms with van der Waals surface area (Å²) in [5.41, 5.74) is 1.95. The molecular formula is C25H17N7O7. The van der Waals surface area contributed by atoms with Crippen molar-refractivity contribution in [1.82, 2.24) is 35.2 Å². The van der Waals surface area contributed by atoms with E-state index >= 15 is 0 Å². The lowest BCUT2D eigenvalue weighted by Crippen LogP contribution is -2.23. The Balaban J connectivity index is 1.07. The number of aromatic nitrogens is 6. The summed E-state index contributed by atoms with van der Waals surface area (Å²) in [4.78, 5) is 38.1. The number of hydrogen-bond acceptors (Lipinski definition) is 13. The van der Waals surface area contributed by atoms with Crippen LogP contribution in [0.1, 0.15) is 28.0 Å². The molecule has 0 unspecified atom stereocenters. The molecule has 0 saturated carbocycles. The summed E-state index contributed by atoms with van der Waals surface area (Å²) >= 11 is 0. The molecule has 6 heterocycles. The molecular weight excluding hydrogens is 510 g/mol. The van der Waals surface area contributed by atoms with Crippen LogP contribution in [0.25, 0.3) is 52.4 Å². The minimum atomic E-state index is -0.490. The van der Waals surface area contributed by atoms with Crippen molar-refractivity contribution in [3.05, 3.63) is 80.0 Å². The zero-order valence-corrected chi connectivity index (χ0v) is 20.0. The Kier molecular flexibility index (Phi) is 6.01. The molecule has 0 aromatic carbocycles. The average molecular weight is 527 g/mol. The predicted octanol–water partition coefficient (Wildman–Crippen LogP) is 4.58. The van der Waals surface area contributed by atoms with Crippen LogP contribution in [0, 0.1) is 0 Å². The molecule has 194 valence electrons. The van der Waals surface area contributed by atoms with Gasteiger partial charge in [0.25, 0.3) is 5.91 Å². The number of hydrogen-bond donors (Lipinski definition) is 1. The first kappa shape index (κ1) is 23.6. The van der Waals surface area contributed by atoms with E-state index in [-0.39, 0.29) is 41.5 Å². The summed E-state index contributed by atoms with van der Waals surface area (Å²) in [7, 11) is 0. The first-order valence-electron chi connectivity index (χ1n) is 11.3. The van der Waals surface area contributed by atoms with E-state index in [9.17, 15) is 4.79 Å². The highest BCUT2D eigenvalue weighted by atomic mass is 16.4.